The van der Waals surface area contributed by atoms with E-state index in [-0.39, 0.29) is 17.2 Å². The molecule has 0 unspecified atom stereocenters. The van der Waals surface area contributed by atoms with Gasteiger partial charge >= 0.3 is 0 Å². The van der Waals surface area contributed by atoms with Crippen LogP contribution in [0.5, 0.6) is 0 Å². The van der Waals surface area contributed by atoms with E-state index >= 15 is 0 Å². The molecule has 0 amide bonds. The first-order chi connectivity index (χ1) is 11.1. The normalized spacial score (nSPS) is 11.3. The number of sulfone groups is 1. The lowest BCUT2D eigenvalue weighted by Crippen LogP contribution is -2.13. The Kier molecular flexibility index (Phi) is 4.00. The van der Waals surface area contributed by atoms with Crippen molar-refractivity contribution in [1.82, 2.24) is 14.3 Å². The van der Waals surface area contributed by atoms with Crippen LogP contribution in [0.25, 0.3) is 5.69 Å². The van der Waals surface area contributed by atoms with Crippen LogP contribution >= 0.6 is 0 Å². The zero-order valence-electron chi connectivity index (χ0n) is 12.2. The largest absolute Gasteiger partial charge is 0.321 e. The van der Waals surface area contributed by atoms with E-state index in [1.165, 1.54) is 24.3 Å². The molecule has 3 aromatic rings. The average Bonchev–Trinajstić information content (AvgIpc) is 3.24. The van der Waals surface area contributed by atoms with Crippen LogP contribution < -0.4 is 0 Å². The second kappa shape index (κ2) is 6.10. The van der Waals surface area contributed by atoms with Crippen LogP contribution in [0, 0.1) is 11.3 Å². The first-order valence-corrected chi connectivity index (χ1v) is 8.62. The summed E-state index contributed by atoms with van der Waals surface area (Å²) in [5, 5.41) is 12.9. The Morgan fingerprint density at radius 3 is 2.48 bits per heavy atom. The number of rotatable bonds is 5. The smallest absolute Gasteiger partial charge is 0.180 e. The zero-order chi connectivity index (χ0) is 16.3. The molecule has 0 saturated carbocycles. The lowest BCUT2D eigenvalue weighted by molar-refractivity contribution is 0.580. The lowest BCUT2D eigenvalue weighted by Gasteiger charge is -2.05. The number of hydrogen-bond acceptors (Lipinski definition) is 4. The van der Waals surface area contributed by atoms with Crippen LogP contribution in [0.15, 0.2) is 66.1 Å². The van der Waals surface area contributed by atoms with Gasteiger partial charge in [0.2, 0.25) is 0 Å². The summed E-state index contributed by atoms with van der Waals surface area (Å²) in [7, 11) is -3.41. The fourth-order valence-corrected chi connectivity index (χ4v) is 3.40. The fraction of sp³-hybridized carbons (Fsp3) is 0.125. The highest BCUT2D eigenvalue weighted by molar-refractivity contribution is 7.91. The Balaban J connectivity index is 1.70. The van der Waals surface area contributed by atoms with Crippen molar-refractivity contribution in [3.63, 3.8) is 0 Å². The maximum absolute atomic E-state index is 12.3. The summed E-state index contributed by atoms with van der Waals surface area (Å²) in [5.74, 6) is -0.0499. The van der Waals surface area contributed by atoms with Gasteiger partial charge in [-0.3, -0.25) is 4.68 Å². The summed E-state index contributed by atoms with van der Waals surface area (Å²) >= 11 is 0. The van der Waals surface area contributed by atoms with Gasteiger partial charge in [0, 0.05) is 18.6 Å². The molecule has 23 heavy (non-hydrogen) atoms. The first kappa shape index (κ1) is 15.1. The summed E-state index contributed by atoms with van der Waals surface area (Å²) < 4.78 is 28.1. The molecular formula is C16H14N4O2S. The van der Waals surface area contributed by atoms with Crippen LogP contribution in [0.4, 0.5) is 0 Å². The van der Waals surface area contributed by atoms with Gasteiger partial charge in [0.15, 0.2) is 9.84 Å². The first-order valence-electron chi connectivity index (χ1n) is 6.97. The van der Waals surface area contributed by atoms with Gasteiger partial charge in [0.1, 0.15) is 0 Å². The molecule has 7 heteroatoms. The molecule has 0 radical (unpaired) electrons. The van der Waals surface area contributed by atoms with E-state index in [9.17, 15) is 8.42 Å². The molecule has 0 aliphatic heterocycles. The van der Waals surface area contributed by atoms with Crippen molar-refractivity contribution in [3.05, 3.63) is 66.7 Å². The van der Waals surface area contributed by atoms with Gasteiger partial charge < -0.3 is 4.57 Å². The third-order valence-corrected chi connectivity index (χ3v) is 5.16. The third-order valence-electron chi connectivity index (χ3n) is 3.45. The predicted octanol–water partition coefficient (Wildman–Crippen LogP) is 2.02. The van der Waals surface area contributed by atoms with Crippen molar-refractivity contribution in [3.8, 4) is 11.8 Å². The Labute approximate surface area is 134 Å². The van der Waals surface area contributed by atoms with Crippen molar-refractivity contribution in [2.24, 2.45) is 0 Å². The highest BCUT2D eigenvalue weighted by Crippen LogP contribution is 2.13. The van der Waals surface area contributed by atoms with Crippen molar-refractivity contribution < 1.29 is 8.42 Å². The highest BCUT2D eigenvalue weighted by Gasteiger charge is 2.14. The molecule has 0 aliphatic carbocycles. The van der Waals surface area contributed by atoms with Gasteiger partial charge in [-0.1, -0.05) is 0 Å². The van der Waals surface area contributed by atoms with E-state index in [1.807, 2.05) is 35.2 Å². The van der Waals surface area contributed by atoms with Gasteiger partial charge in [0.25, 0.3) is 0 Å². The van der Waals surface area contributed by atoms with E-state index in [4.69, 9.17) is 5.26 Å². The predicted molar refractivity (Wildman–Crippen MR) is 84.8 cm³/mol. The topological polar surface area (TPSA) is 80.7 Å². The molecule has 0 bridgehead atoms. The van der Waals surface area contributed by atoms with E-state index in [0.29, 0.717) is 5.56 Å². The minimum absolute atomic E-state index is 0.0499. The van der Waals surface area contributed by atoms with E-state index < -0.39 is 9.84 Å². The molecule has 0 aliphatic rings. The molecule has 2 heterocycles. The van der Waals surface area contributed by atoms with Gasteiger partial charge in [-0.25, -0.2) is 8.42 Å². The van der Waals surface area contributed by atoms with Crippen molar-refractivity contribution in [2.45, 2.75) is 11.4 Å². The number of nitrogens with zero attached hydrogens (tertiary/aromatic N) is 4. The third kappa shape index (κ3) is 3.33. The fourth-order valence-electron chi connectivity index (χ4n) is 2.18. The Bertz CT molecular complexity index is 933. The molecule has 116 valence electrons. The summed E-state index contributed by atoms with van der Waals surface area (Å²) in [5.41, 5.74) is 1.32. The lowest BCUT2D eigenvalue weighted by atomic mass is 10.2. The quantitative estimate of drug-likeness (QED) is 0.718. The standard InChI is InChI=1S/C16H14N4O2S/c17-11-14-3-5-16(6-4-14)23(21,22)10-9-20-13-15(12-18-20)19-7-1-2-8-19/h1-8,12-13H,9-10H2. The minimum atomic E-state index is -3.41. The summed E-state index contributed by atoms with van der Waals surface area (Å²) in [6, 6.07) is 11.7. The van der Waals surface area contributed by atoms with Crippen LogP contribution in [-0.2, 0) is 16.4 Å². The molecule has 1 aromatic carbocycles. The summed E-state index contributed by atoms with van der Waals surface area (Å²) in [4.78, 5) is 0.217. The van der Waals surface area contributed by atoms with Gasteiger partial charge in [-0.2, -0.15) is 10.4 Å². The van der Waals surface area contributed by atoms with Gasteiger partial charge in [0.05, 0.1) is 40.7 Å². The van der Waals surface area contributed by atoms with Crippen LogP contribution in [0.3, 0.4) is 0 Å². The highest BCUT2D eigenvalue weighted by atomic mass is 32.2. The summed E-state index contributed by atoms with van der Waals surface area (Å²) in [6.45, 7) is 0.267. The monoisotopic (exact) mass is 326 g/mol. The number of aromatic nitrogens is 3. The minimum Gasteiger partial charge on any atom is -0.321 e. The molecule has 3 rings (SSSR count). The van der Waals surface area contributed by atoms with E-state index in [1.54, 1.807) is 17.1 Å². The molecule has 0 saturated heterocycles. The number of hydrogen-bond donors (Lipinski definition) is 0. The molecule has 0 atom stereocenters. The van der Waals surface area contributed by atoms with Gasteiger partial charge in [-0.15, -0.1) is 0 Å². The van der Waals surface area contributed by atoms with Crippen molar-refractivity contribution in [1.29, 1.82) is 5.26 Å². The molecule has 0 N–H and O–H groups in total. The number of aryl methyl sites for hydroxylation is 1. The Morgan fingerprint density at radius 2 is 1.83 bits per heavy atom. The second-order valence-electron chi connectivity index (χ2n) is 5.01. The average molecular weight is 326 g/mol. The maximum Gasteiger partial charge on any atom is 0.180 e. The maximum atomic E-state index is 12.3. The van der Waals surface area contributed by atoms with Gasteiger partial charge in [-0.05, 0) is 36.4 Å². The van der Waals surface area contributed by atoms with Crippen molar-refractivity contribution in [2.75, 3.05) is 5.75 Å². The van der Waals surface area contributed by atoms with E-state index in [0.717, 1.165) is 5.69 Å². The van der Waals surface area contributed by atoms with Crippen LogP contribution in [-0.4, -0.2) is 28.5 Å². The zero-order valence-corrected chi connectivity index (χ0v) is 13.0. The van der Waals surface area contributed by atoms with Crippen LogP contribution in [0.2, 0.25) is 0 Å². The molecular weight excluding hydrogens is 312 g/mol. The van der Waals surface area contributed by atoms with Crippen LogP contribution in [0.1, 0.15) is 5.56 Å². The number of nitriles is 1. The SMILES string of the molecule is N#Cc1ccc(S(=O)(=O)CCn2cc(-n3cccc3)cn2)cc1. The summed E-state index contributed by atoms with van der Waals surface area (Å²) in [6.07, 6.45) is 7.28. The molecule has 2 aromatic heterocycles. The molecule has 0 spiro atoms. The Morgan fingerprint density at radius 1 is 1.13 bits per heavy atom. The molecule has 6 nitrogen and oxygen atoms in total. The van der Waals surface area contributed by atoms with E-state index in [2.05, 4.69) is 5.10 Å². The Hall–Kier alpha value is -2.85. The second-order valence-corrected chi connectivity index (χ2v) is 7.12. The van der Waals surface area contributed by atoms with Crippen molar-refractivity contribution >= 4 is 9.84 Å². The molecule has 0 fully saturated rings. The number of benzene rings is 1.